The van der Waals surface area contributed by atoms with E-state index in [1.165, 1.54) is 30.3 Å². The van der Waals surface area contributed by atoms with Crippen LogP contribution in [0, 0.1) is 0 Å². The van der Waals surface area contributed by atoms with Crippen LogP contribution in [-0.2, 0) is 0 Å². The molecule has 0 aliphatic rings. The Labute approximate surface area is 145 Å². The minimum atomic E-state index is -0.669. The van der Waals surface area contributed by atoms with Gasteiger partial charge in [-0.2, -0.15) is 0 Å². The molecular weight excluding hydrogens is 353 g/mol. The second-order valence-electron chi connectivity index (χ2n) is 5.16. The third kappa shape index (κ3) is 2.55. The van der Waals surface area contributed by atoms with Crippen LogP contribution < -0.4 is 16.9 Å². The Balaban J connectivity index is 2.31. The standard InChI is InChI=1S/C16H11Cl2N3O3/c17-9-4-7(5-10(18)12(9)19)13-15(23)14(22)8-3-6(16(20)24)1-2-11(8)21-13/h1-5,23H,19H2,(H2,20,24)(H,21,22). The van der Waals surface area contributed by atoms with Crippen molar-refractivity contribution < 1.29 is 9.90 Å². The highest BCUT2D eigenvalue weighted by Gasteiger charge is 2.16. The number of benzene rings is 2. The summed E-state index contributed by atoms with van der Waals surface area (Å²) in [7, 11) is 0. The summed E-state index contributed by atoms with van der Waals surface area (Å²) in [6.07, 6.45) is 0. The quantitative estimate of drug-likeness (QED) is 0.522. The number of primary amides is 1. The number of anilines is 1. The summed E-state index contributed by atoms with van der Waals surface area (Å²) in [5.74, 6) is -1.20. The predicted molar refractivity (Wildman–Crippen MR) is 94.6 cm³/mol. The third-order valence-electron chi connectivity index (χ3n) is 3.63. The molecule has 0 spiro atoms. The summed E-state index contributed by atoms with van der Waals surface area (Å²) in [5.41, 5.74) is 11.6. The zero-order valence-corrected chi connectivity index (χ0v) is 13.6. The first-order valence-electron chi connectivity index (χ1n) is 6.73. The first-order valence-corrected chi connectivity index (χ1v) is 7.49. The maximum Gasteiger partial charge on any atom is 0.248 e. The second kappa shape index (κ2) is 5.74. The SMILES string of the molecule is NC(=O)c1ccc2[nH]c(-c3cc(Cl)c(N)c(Cl)c3)c(O)c(=O)c2c1. The molecule has 1 amide bonds. The molecule has 0 atom stereocenters. The molecule has 0 bridgehead atoms. The molecule has 3 rings (SSSR count). The highest BCUT2D eigenvalue weighted by atomic mass is 35.5. The number of carbonyl (C=O) groups is 1. The second-order valence-corrected chi connectivity index (χ2v) is 5.97. The molecule has 6 nitrogen and oxygen atoms in total. The normalized spacial score (nSPS) is 10.9. The zero-order chi connectivity index (χ0) is 17.6. The molecule has 1 heterocycles. The van der Waals surface area contributed by atoms with E-state index in [1.807, 2.05) is 0 Å². The Kier molecular flexibility index (Phi) is 3.87. The van der Waals surface area contributed by atoms with Gasteiger partial charge in [0.1, 0.15) is 0 Å². The molecule has 0 radical (unpaired) electrons. The number of rotatable bonds is 2. The lowest BCUT2D eigenvalue weighted by molar-refractivity contribution is 0.100. The molecule has 0 saturated carbocycles. The highest BCUT2D eigenvalue weighted by molar-refractivity contribution is 6.39. The van der Waals surface area contributed by atoms with Crippen molar-refractivity contribution in [1.82, 2.24) is 4.98 Å². The number of fused-ring (bicyclic) bond motifs is 1. The van der Waals surface area contributed by atoms with Crippen molar-refractivity contribution >= 4 is 45.7 Å². The molecule has 2 aromatic carbocycles. The number of aromatic nitrogens is 1. The van der Waals surface area contributed by atoms with E-state index in [0.717, 1.165) is 0 Å². The molecule has 8 heteroatoms. The monoisotopic (exact) mass is 363 g/mol. The van der Waals surface area contributed by atoms with E-state index in [1.54, 1.807) is 0 Å². The van der Waals surface area contributed by atoms with Gasteiger partial charge in [0.05, 0.1) is 32.3 Å². The number of hydrogen-bond acceptors (Lipinski definition) is 4. The lowest BCUT2D eigenvalue weighted by Crippen LogP contribution is -2.12. The fraction of sp³-hybridized carbons (Fsp3) is 0. The largest absolute Gasteiger partial charge is 0.503 e. The first kappa shape index (κ1) is 16.2. The van der Waals surface area contributed by atoms with Crippen LogP contribution >= 0.6 is 23.2 Å². The van der Waals surface area contributed by atoms with Gasteiger partial charge >= 0.3 is 0 Å². The smallest absolute Gasteiger partial charge is 0.248 e. The van der Waals surface area contributed by atoms with Crippen LogP contribution in [0.5, 0.6) is 5.75 Å². The molecule has 0 unspecified atom stereocenters. The van der Waals surface area contributed by atoms with Crippen LogP contribution in [0.1, 0.15) is 10.4 Å². The molecular formula is C16H11Cl2N3O3. The van der Waals surface area contributed by atoms with Crippen molar-refractivity contribution in [2.45, 2.75) is 0 Å². The fourth-order valence-corrected chi connectivity index (χ4v) is 2.85. The molecule has 6 N–H and O–H groups in total. The van der Waals surface area contributed by atoms with Gasteiger partial charge in [0, 0.05) is 11.1 Å². The Morgan fingerprint density at radius 3 is 2.33 bits per heavy atom. The molecule has 1 aromatic heterocycles. The van der Waals surface area contributed by atoms with Crippen molar-refractivity contribution in [2.24, 2.45) is 5.73 Å². The summed E-state index contributed by atoms with van der Waals surface area (Å²) >= 11 is 12.0. The molecule has 3 aromatic rings. The average Bonchev–Trinajstić information content (AvgIpc) is 2.55. The Hall–Kier alpha value is -2.70. The van der Waals surface area contributed by atoms with Crippen molar-refractivity contribution in [3.63, 3.8) is 0 Å². The first-order chi connectivity index (χ1) is 11.3. The third-order valence-corrected chi connectivity index (χ3v) is 4.25. The van der Waals surface area contributed by atoms with Crippen molar-refractivity contribution in [1.29, 1.82) is 0 Å². The van der Waals surface area contributed by atoms with E-state index in [4.69, 9.17) is 34.7 Å². The number of aromatic hydroxyl groups is 1. The number of amides is 1. The van der Waals surface area contributed by atoms with Gasteiger partial charge < -0.3 is 21.6 Å². The van der Waals surface area contributed by atoms with Crippen LogP contribution in [0.4, 0.5) is 5.69 Å². The number of hydrogen-bond donors (Lipinski definition) is 4. The Morgan fingerprint density at radius 2 is 1.75 bits per heavy atom. The van der Waals surface area contributed by atoms with E-state index in [-0.39, 0.29) is 32.4 Å². The molecule has 122 valence electrons. The number of carbonyl (C=O) groups excluding carboxylic acids is 1. The van der Waals surface area contributed by atoms with Crippen LogP contribution in [0.2, 0.25) is 10.0 Å². The number of H-pyrrole nitrogens is 1. The number of nitrogens with two attached hydrogens (primary N) is 2. The maximum absolute atomic E-state index is 12.4. The molecule has 24 heavy (non-hydrogen) atoms. The van der Waals surface area contributed by atoms with Crippen molar-refractivity contribution in [2.75, 3.05) is 5.73 Å². The Bertz CT molecular complexity index is 1040. The van der Waals surface area contributed by atoms with Gasteiger partial charge in [-0.15, -0.1) is 0 Å². The summed E-state index contributed by atoms with van der Waals surface area (Å²) in [6.45, 7) is 0. The summed E-state index contributed by atoms with van der Waals surface area (Å²) < 4.78 is 0. The minimum absolute atomic E-state index is 0.139. The van der Waals surface area contributed by atoms with Gasteiger partial charge in [-0.25, -0.2) is 0 Å². The number of nitrogens with one attached hydrogen (secondary N) is 1. The van der Waals surface area contributed by atoms with E-state index >= 15 is 0 Å². The maximum atomic E-state index is 12.4. The van der Waals surface area contributed by atoms with Crippen LogP contribution in [0.25, 0.3) is 22.2 Å². The van der Waals surface area contributed by atoms with Gasteiger partial charge in [0.25, 0.3) is 0 Å². The van der Waals surface area contributed by atoms with Gasteiger partial charge in [-0.05, 0) is 30.3 Å². The number of nitrogen functional groups attached to an aromatic ring is 1. The highest BCUT2D eigenvalue weighted by Crippen LogP contribution is 2.35. The fourth-order valence-electron chi connectivity index (χ4n) is 2.37. The predicted octanol–water partition coefficient (Wildman–Crippen LogP) is 2.89. The van der Waals surface area contributed by atoms with E-state index < -0.39 is 17.1 Å². The Morgan fingerprint density at radius 1 is 1.12 bits per heavy atom. The number of aromatic amines is 1. The van der Waals surface area contributed by atoms with Crippen LogP contribution in [0.15, 0.2) is 35.1 Å². The lowest BCUT2D eigenvalue weighted by atomic mass is 10.1. The molecule has 0 saturated heterocycles. The summed E-state index contributed by atoms with van der Waals surface area (Å²) in [4.78, 5) is 26.6. The van der Waals surface area contributed by atoms with Gasteiger partial charge in [-0.3, -0.25) is 9.59 Å². The van der Waals surface area contributed by atoms with Crippen molar-refractivity contribution in [3.8, 4) is 17.0 Å². The zero-order valence-electron chi connectivity index (χ0n) is 12.1. The summed E-state index contributed by atoms with van der Waals surface area (Å²) in [5, 5.41) is 10.8. The molecule has 0 aliphatic heterocycles. The number of pyridine rings is 1. The summed E-state index contributed by atoms with van der Waals surface area (Å²) in [6, 6.07) is 7.29. The molecule has 0 aliphatic carbocycles. The van der Waals surface area contributed by atoms with E-state index in [9.17, 15) is 14.7 Å². The minimum Gasteiger partial charge on any atom is -0.503 e. The van der Waals surface area contributed by atoms with Crippen LogP contribution in [-0.4, -0.2) is 16.0 Å². The van der Waals surface area contributed by atoms with Gasteiger partial charge in [0.15, 0.2) is 5.75 Å². The molecule has 0 fully saturated rings. The topological polar surface area (TPSA) is 122 Å². The lowest BCUT2D eigenvalue weighted by Gasteiger charge is -2.10. The van der Waals surface area contributed by atoms with E-state index in [0.29, 0.717) is 11.1 Å². The average molecular weight is 364 g/mol. The van der Waals surface area contributed by atoms with E-state index in [2.05, 4.69) is 4.98 Å². The van der Waals surface area contributed by atoms with Crippen molar-refractivity contribution in [3.05, 3.63) is 56.2 Å². The van der Waals surface area contributed by atoms with Crippen LogP contribution in [0.3, 0.4) is 0 Å². The van der Waals surface area contributed by atoms with Gasteiger partial charge in [0.2, 0.25) is 11.3 Å². The van der Waals surface area contributed by atoms with Gasteiger partial charge in [-0.1, -0.05) is 23.2 Å². The number of halogens is 2.